The molecule has 0 aliphatic heterocycles. The lowest BCUT2D eigenvalue weighted by Crippen LogP contribution is -2.45. The van der Waals surface area contributed by atoms with Crippen molar-refractivity contribution in [2.45, 2.75) is 26.3 Å². The zero-order valence-corrected chi connectivity index (χ0v) is 15.6. The van der Waals surface area contributed by atoms with E-state index in [0.717, 1.165) is 0 Å². The topological polar surface area (TPSA) is 64.6 Å². The predicted octanol–water partition coefficient (Wildman–Crippen LogP) is 3.65. The Labute approximate surface area is 156 Å². The minimum atomic E-state index is -0.706. The van der Waals surface area contributed by atoms with Crippen LogP contribution in [-0.4, -0.2) is 31.1 Å². The third kappa shape index (κ3) is 6.15. The van der Waals surface area contributed by atoms with Crippen LogP contribution in [0.15, 0.2) is 41.8 Å². The quantitative estimate of drug-likeness (QED) is 0.534. The van der Waals surface area contributed by atoms with Gasteiger partial charge < -0.3 is 14.8 Å². The Kier molecular flexibility index (Phi) is 7.59. The molecule has 0 saturated heterocycles. The summed E-state index contributed by atoms with van der Waals surface area (Å²) in [5, 5.41) is 4.53. The molecule has 5 nitrogen and oxygen atoms in total. The van der Waals surface area contributed by atoms with Crippen molar-refractivity contribution in [3.63, 3.8) is 0 Å². The van der Waals surface area contributed by atoms with Crippen molar-refractivity contribution in [2.75, 3.05) is 13.2 Å². The highest BCUT2D eigenvalue weighted by Crippen LogP contribution is 2.12. The van der Waals surface area contributed by atoms with Gasteiger partial charge in [0.15, 0.2) is 0 Å². The average molecular weight is 379 g/mol. The number of nitrogens with one attached hydrogen (secondary N) is 1. The molecule has 1 heterocycles. The van der Waals surface area contributed by atoms with Crippen LogP contribution in [0, 0.1) is 11.7 Å². The Morgan fingerprint density at radius 2 is 1.88 bits per heavy atom. The smallest absolute Gasteiger partial charge is 0.328 e. The lowest BCUT2D eigenvalue weighted by Gasteiger charge is -2.20. The molecule has 1 amide bonds. The van der Waals surface area contributed by atoms with Crippen molar-refractivity contribution >= 4 is 23.2 Å². The second-order valence-corrected chi connectivity index (χ2v) is 6.94. The molecule has 1 atom stereocenters. The second-order valence-electron chi connectivity index (χ2n) is 6.00. The summed E-state index contributed by atoms with van der Waals surface area (Å²) in [7, 11) is 0. The molecule has 0 aliphatic rings. The van der Waals surface area contributed by atoms with Crippen LogP contribution in [-0.2, 0) is 9.53 Å². The molecule has 26 heavy (non-hydrogen) atoms. The molecular weight excluding hydrogens is 357 g/mol. The fourth-order valence-corrected chi connectivity index (χ4v) is 2.79. The van der Waals surface area contributed by atoms with E-state index in [-0.39, 0.29) is 24.2 Å². The Morgan fingerprint density at radius 1 is 1.15 bits per heavy atom. The van der Waals surface area contributed by atoms with Gasteiger partial charge >= 0.3 is 5.97 Å². The van der Waals surface area contributed by atoms with E-state index in [1.54, 1.807) is 17.5 Å². The highest BCUT2D eigenvalue weighted by atomic mass is 32.1. The molecule has 2 rings (SSSR count). The summed E-state index contributed by atoms with van der Waals surface area (Å²) < 4.78 is 23.5. The van der Waals surface area contributed by atoms with E-state index < -0.39 is 12.0 Å². The molecule has 0 radical (unpaired) electrons. The summed E-state index contributed by atoms with van der Waals surface area (Å²) in [6.45, 7) is 4.21. The first-order valence-electron chi connectivity index (χ1n) is 8.36. The Balaban J connectivity index is 1.73. The highest BCUT2D eigenvalue weighted by molar-refractivity contribution is 7.12. The van der Waals surface area contributed by atoms with Gasteiger partial charge in [0.05, 0.1) is 18.1 Å². The number of esters is 1. The number of thiophene rings is 1. The van der Waals surface area contributed by atoms with Crippen LogP contribution < -0.4 is 10.1 Å². The Morgan fingerprint density at radius 3 is 2.50 bits per heavy atom. The normalized spacial score (nSPS) is 11.8. The summed E-state index contributed by atoms with van der Waals surface area (Å²) in [5.41, 5.74) is 0. The standard InChI is InChI=1S/C19H22FNO4S/c1-13(2)17(21-18(22)16-5-3-12-26-16)19(23)25-11-4-10-24-15-8-6-14(20)7-9-15/h3,5-9,12-13,17H,4,10-11H2,1-2H3,(H,21,22). The molecule has 0 saturated carbocycles. The van der Waals surface area contributed by atoms with Crippen molar-refractivity contribution < 1.29 is 23.5 Å². The minimum Gasteiger partial charge on any atom is -0.493 e. The maximum atomic E-state index is 12.8. The fraction of sp³-hybridized carbons (Fsp3) is 0.368. The fourth-order valence-electron chi connectivity index (χ4n) is 2.16. The van der Waals surface area contributed by atoms with E-state index in [2.05, 4.69) is 5.32 Å². The summed E-state index contributed by atoms with van der Waals surface area (Å²) in [6, 6.07) is 8.49. The van der Waals surface area contributed by atoms with Gasteiger partial charge in [-0.1, -0.05) is 19.9 Å². The number of hydrogen-bond donors (Lipinski definition) is 1. The van der Waals surface area contributed by atoms with Gasteiger partial charge in [0.2, 0.25) is 0 Å². The molecular formula is C19H22FNO4S. The number of halogens is 1. The van der Waals surface area contributed by atoms with Crippen LogP contribution in [0.2, 0.25) is 0 Å². The first-order valence-corrected chi connectivity index (χ1v) is 9.24. The van der Waals surface area contributed by atoms with E-state index >= 15 is 0 Å². The summed E-state index contributed by atoms with van der Waals surface area (Å²) in [6.07, 6.45) is 0.493. The SMILES string of the molecule is CC(C)C(NC(=O)c1cccs1)C(=O)OCCCOc1ccc(F)cc1. The van der Waals surface area contributed by atoms with Gasteiger partial charge in [-0.15, -0.1) is 11.3 Å². The molecule has 140 valence electrons. The molecule has 0 fully saturated rings. The summed E-state index contributed by atoms with van der Waals surface area (Å²) >= 11 is 1.32. The number of carbonyl (C=O) groups is 2. The second kappa shape index (κ2) is 9.91. The number of ether oxygens (including phenoxy) is 2. The van der Waals surface area contributed by atoms with Gasteiger partial charge in [-0.2, -0.15) is 0 Å². The van der Waals surface area contributed by atoms with Crippen LogP contribution in [0.1, 0.15) is 29.9 Å². The number of carbonyl (C=O) groups excluding carboxylic acids is 2. The van der Waals surface area contributed by atoms with Gasteiger partial charge in [0.1, 0.15) is 17.6 Å². The van der Waals surface area contributed by atoms with Crippen molar-refractivity contribution in [3.05, 3.63) is 52.5 Å². The summed E-state index contributed by atoms with van der Waals surface area (Å²) in [4.78, 5) is 24.9. The van der Waals surface area contributed by atoms with Gasteiger partial charge in [-0.3, -0.25) is 4.79 Å². The summed E-state index contributed by atoms with van der Waals surface area (Å²) in [5.74, 6) is -0.611. The Hall–Kier alpha value is -2.41. The van der Waals surface area contributed by atoms with E-state index in [1.165, 1.54) is 35.6 Å². The third-order valence-electron chi connectivity index (χ3n) is 3.57. The van der Waals surface area contributed by atoms with E-state index in [0.29, 0.717) is 23.7 Å². The zero-order chi connectivity index (χ0) is 18.9. The number of amides is 1. The predicted molar refractivity (Wildman–Crippen MR) is 97.9 cm³/mol. The van der Waals surface area contributed by atoms with Crippen LogP contribution in [0.3, 0.4) is 0 Å². The van der Waals surface area contributed by atoms with Crippen LogP contribution in [0.4, 0.5) is 4.39 Å². The van der Waals surface area contributed by atoms with E-state index in [4.69, 9.17) is 9.47 Å². The molecule has 1 N–H and O–H groups in total. The third-order valence-corrected chi connectivity index (χ3v) is 4.44. The number of benzene rings is 1. The maximum absolute atomic E-state index is 12.8. The molecule has 0 bridgehead atoms. The van der Waals surface area contributed by atoms with E-state index in [1.807, 2.05) is 13.8 Å². The Bertz CT molecular complexity index is 701. The molecule has 1 aromatic carbocycles. The lowest BCUT2D eigenvalue weighted by molar-refractivity contribution is -0.147. The van der Waals surface area contributed by atoms with E-state index in [9.17, 15) is 14.0 Å². The van der Waals surface area contributed by atoms with Crippen molar-refractivity contribution in [1.29, 1.82) is 0 Å². The largest absolute Gasteiger partial charge is 0.493 e. The van der Waals surface area contributed by atoms with Gasteiger partial charge in [-0.25, -0.2) is 9.18 Å². The number of hydrogen-bond acceptors (Lipinski definition) is 5. The van der Waals surface area contributed by atoms with Gasteiger partial charge in [0.25, 0.3) is 5.91 Å². The minimum absolute atomic E-state index is 0.0955. The first kappa shape index (κ1) is 19.9. The van der Waals surface area contributed by atoms with Gasteiger partial charge in [0, 0.05) is 6.42 Å². The lowest BCUT2D eigenvalue weighted by atomic mass is 10.0. The van der Waals surface area contributed by atoms with Crippen molar-refractivity contribution in [1.82, 2.24) is 5.32 Å². The van der Waals surface area contributed by atoms with Crippen LogP contribution in [0.25, 0.3) is 0 Å². The van der Waals surface area contributed by atoms with Crippen molar-refractivity contribution in [2.24, 2.45) is 5.92 Å². The van der Waals surface area contributed by atoms with Crippen molar-refractivity contribution in [3.8, 4) is 5.75 Å². The van der Waals surface area contributed by atoms with Gasteiger partial charge in [-0.05, 0) is 41.6 Å². The first-order chi connectivity index (χ1) is 12.5. The maximum Gasteiger partial charge on any atom is 0.328 e. The molecule has 0 aliphatic carbocycles. The molecule has 1 unspecified atom stereocenters. The molecule has 1 aromatic heterocycles. The molecule has 0 spiro atoms. The molecule has 7 heteroatoms. The zero-order valence-electron chi connectivity index (χ0n) is 14.7. The average Bonchev–Trinajstić information content (AvgIpc) is 3.15. The van der Waals surface area contributed by atoms with Crippen LogP contribution in [0.5, 0.6) is 5.75 Å². The monoisotopic (exact) mass is 379 g/mol. The highest BCUT2D eigenvalue weighted by Gasteiger charge is 2.26. The van der Waals surface area contributed by atoms with Crippen LogP contribution >= 0.6 is 11.3 Å². The number of rotatable bonds is 9. The molecule has 2 aromatic rings.